The van der Waals surface area contributed by atoms with Gasteiger partial charge in [0.2, 0.25) is 0 Å². The first-order valence-corrected chi connectivity index (χ1v) is 8.30. The predicted molar refractivity (Wildman–Crippen MR) is 82.9 cm³/mol. The fourth-order valence-electron chi connectivity index (χ4n) is 2.92. The third kappa shape index (κ3) is 2.85. The van der Waals surface area contributed by atoms with Crippen molar-refractivity contribution in [3.63, 3.8) is 0 Å². The minimum atomic E-state index is -0.958. The Morgan fingerprint density at radius 1 is 1.24 bits per heavy atom. The van der Waals surface area contributed by atoms with Crippen molar-refractivity contribution in [1.82, 2.24) is 5.32 Å². The molecule has 2 aliphatic rings. The van der Waals surface area contributed by atoms with Gasteiger partial charge in [-0.3, -0.25) is 4.90 Å². The minimum Gasteiger partial charge on any atom is -0.480 e. The van der Waals surface area contributed by atoms with Gasteiger partial charge >= 0.3 is 12.0 Å². The maximum Gasteiger partial charge on any atom is 0.327 e. The van der Waals surface area contributed by atoms with E-state index in [4.69, 9.17) is 0 Å². The van der Waals surface area contributed by atoms with Gasteiger partial charge < -0.3 is 10.4 Å². The first-order valence-electron chi connectivity index (χ1n) is 7.15. The molecule has 1 unspecified atom stereocenters. The SMILES string of the molecule is O=C(O)C1Cc2ccccc2N1C(=O)NC1CCSCC1. The van der Waals surface area contributed by atoms with Crippen LogP contribution in [0.3, 0.4) is 0 Å². The Hall–Kier alpha value is -1.69. The van der Waals surface area contributed by atoms with E-state index in [1.807, 2.05) is 36.0 Å². The zero-order chi connectivity index (χ0) is 14.8. The average Bonchev–Trinajstić information content (AvgIpc) is 2.88. The van der Waals surface area contributed by atoms with Crippen LogP contribution in [0.5, 0.6) is 0 Å². The molecule has 0 spiro atoms. The first kappa shape index (κ1) is 14.3. The summed E-state index contributed by atoms with van der Waals surface area (Å²) in [5.41, 5.74) is 1.63. The zero-order valence-corrected chi connectivity index (χ0v) is 12.4. The van der Waals surface area contributed by atoms with Gasteiger partial charge in [0.05, 0.1) is 0 Å². The largest absolute Gasteiger partial charge is 0.480 e. The molecule has 1 saturated heterocycles. The summed E-state index contributed by atoms with van der Waals surface area (Å²) in [6.45, 7) is 0. The van der Waals surface area contributed by atoms with Crippen molar-refractivity contribution in [2.45, 2.75) is 31.3 Å². The first-order chi connectivity index (χ1) is 10.2. The van der Waals surface area contributed by atoms with E-state index in [1.165, 1.54) is 4.90 Å². The fourth-order valence-corrected chi connectivity index (χ4v) is 4.03. The van der Waals surface area contributed by atoms with Gasteiger partial charge in [-0.2, -0.15) is 11.8 Å². The van der Waals surface area contributed by atoms with Crippen molar-refractivity contribution in [3.05, 3.63) is 29.8 Å². The number of carboxylic acid groups (broad SMARTS) is 1. The number of nitrogens with one attached hydrogen (secondary N) is 1. The number of carbonyl (C=O) groups is 2. The number of anilines is 1. The Morgan fingerprint density at radius 3 is 2.67 bits per heavy atom. The number of carbonyl (C=O) groups excluding carboxylic acids is 1. The summed E-state index contributed by atoms with van der Waals surface area (Å²) in [5, 5.41) is 12.4. The molecule has 0 aromatic heterocycles. The fraction of sp³-hybridized carbons (Fsp3) is 0.467. The number of fused-ring (bicyclic) bond motifs is 1. The molecule has 3 rings (SSSR count). The maximum atomic E-state index is 12.5. The van der Waals surface area contributed by atoms with E-state index in [9.17, 15) is 14.7 Å². The number of carboxylic acids is 1. The monoisotopic (exact) mass is 306 g/mol. The van der Waals surface area contributed by atoms with Gasteiger partial charge in [0, 0.05) is 18.2 Å². The Balaban J connectivity index is 1.80. The second kappa shape index (κ2) is 5.97. The molecule has 112 valence electrons. The minimum absolute atomic E-state index is 0.154. The molecular formula is C15H18N2O3S. The van der Waals surface area contributed by atoms with Crippen LogP contribution in [0.1, 0.15) is 18.4 Å². The third-order valence-electron chi connectivity index (χ3n) is 4.03. The van der Waals surface area contributed by atoms with Crippen molar-refractivity contribution in [2.24, 2.45) is 0 Å². The van der Waals surface area contributed by atoms with Gasteiger partial charge in [-0.1, -0.05) is 18.2 Å². The summed E-state index contributed by atoms with van der Waals surface area (Å²) < 4.78 is 0. The van der Waals surface area contributed by atoms with Gasteiger partial charge in [0.1, 0.15) is 6.04 Å². The highest BCUT2D eigenvalue weighted by Gasteiger charge is 2.38. The lowest BCUT2D eigenvalue weighted by Gasteiger charge is -2.28. The normalized spacial score (nSPS) is 21.9. The Bertz CT molecular complexity index is 558. The second-order valence-electron chi connectivity index (χ2n) is 5.39. The average molecular weight is 306 g/mol. The highest BCUT2D eigenvalue weighted by molar-refractivity contribution is 7.99. The molecule has 2 aliphatic heterocycles. The number of hydrogen-bond donors (Lipinski definition) is 2. The summed E-state index contributed by atoms with van der Waals surface area (Å²) in [6.07, 6.45) is 2.27. The molecule has 5 nitrogen and oxygen atoms in total. The number of aliphatic carboxylic acids is 1. The molecule has 0 radical (unpaired) electrons. The van der Waals surface area contributed by atoms with E-state index < -0.39 is 12.0 Å². The van der Waals surface area contributed by atoms with Crippen LogP contribution in [0.15, 0.2) is 24.3 Å². The molecule has 2 heterocycles. The molecule has 0 bridgehead atoms. The summed E-state index contributed by atoms with van der Waals surface area (Å²) in [7, 11) is 0. The molecule has 1 aromatic carbocycles. The Labute approximate surface area is 127 Å². The number of para-hydroxylation sites is 1. The number of hydrogen-bond acceptors (Lipinski definition) is 3. The second-order valence-corrected chi connectivity index (χ2v) is 6.62. The highest BCUT2D eigenvalue weighted by Crippen LogP contribution is 2.32. The van der Waals surface area contributed by atoms with Crippen LogP contribution in [0.25, 0.3) is 0 Å². The smallest absolute Gasteiger partial charge is 0.327 e. The van der Waals surface area contributed by atoms with Gasteiger partial charge in [-0.05, 0) is 36.0 Å². The van der Waals surface area contributed by atoms with E-state index in [1.54, 1.807) is 0 Å². The molecule has 0 aliphatic carbocycles. The van der Waals surface area contributed by atoms with Crippen molar-refractivity contribution in [2.75, 3.05) is 16.4 Å². The Morgan fingerprint density at radius 2 is 1.95 bits per heavy atom. The summed E-state index contributed by atoms with van der Waals surface area (Å²) in [6, 6.07) is 6.47. The van der Waals surface area contributed by atoms with Crippen molar-refractivity contribution >= 4 is 29.4 Å². The third-order valence-corrected chi connectivity index (χ3v) is 5.08. The van der Waals surface area contributed by atoms with Crippen LogP contribution in [0.2, 0.25) is 0 Å². The Kier molecular flexibility index (Phi) is 4.05. The van der Waals surface area contributed by atoms with E-state index in [0.29, 0.717) is 12.1 Å². The van der Waals surface area contributed by atoms with Crippen LogP contribution >= 0.6 is 11.8 Å². The molecule has 1 fully saturated rings. The molecule has 2 N–H and O–H groups in total. The number of benzene rings is 1. The number of rotatable bonds is 2. The number of nitrogens with zero attached hydrogens (tertiary/aromatic N) is 1. The number of amides is 2. The lowest BCUT2D eigenvalue weighted by Crippen LogP contribution is -2.51. The van der Waals surface area contributed by atoms with Gasteiger partial charge in [0.25, 0.3) is 0 Å². The molecule has 6 heteroatoms. The van der Waals surface area contributed by atoms with E-state index in [-0.39, 0.29) is 12.1 Å². The van der Waals surface area contributed by atoms with Gasteiger partial charge in [0.15, 0.2) is 0 Å². The molecule has 1 atom stereocenters. The topological polar surface area (TPSA) is 69.6 Å². The van der Waals surface area contributed by atoms with Gasteiger partial charge in [-0.15, -0.1) is 0 Å². The predicted octanol–water partition coefficient (Wildman–Crippen LogP) is 2.11. The molecule has 21 heavy (non-hydrogen) atoms. The summed E-state index contributed by atoms with van der Waals surface area (Å²) in [4.78, 5) is 25.4. The van der Waals surface area contributed by atoms with Gasteiger partial charge in [-0.25, -0.2) is 9.59 Å². The standard InChI is InChI=1S/C15H18N2O3S/c18-14(19)13-9-10-3-1-2-4-12(10)17(13)15(20)16-11-5-7-21-8-6-11/h1-4,11,13H,5-9H2,(H,16,20)(H,18,19). The summed E-state index contributed by atoms with van der Waals surface area (Å²) >= 11 is 1.89. The lowest BCUT2D eigenvalue weighted by molar-refractivity contribution is -0.138. The number of urea groups is 1. The van der Waals surface area contributed by atoms with Crippen molar-refractivity contribution in [3.8, 4) is 0 Å². The van der Waals surface area contributed by atoms with Crippen molar-refractivity contribution < 1.29 is 14.7 Å². The van der Waals surface area contributed by atoms with Crippen LogP contribution < -0.4 is 10.2 Å². The number of thioether (sulfide) groups is 1. The van der Waals surface area contributed by atoms with Crippen LogP contribution in [0, 0.1) is 0 Å². The van der Waals surface area contributed by atoms with Crippen LogP contribution in [-0.2, 0) is 11.2 Å². The van der Waals surface area contributed by atoms with E-state index in [2.05, 4.69) is 5.32 Å². The molecule has 2 amide bonds. The van der Waals surface area contributed by atoms with Crippen LogP contribution in [-0.4, -0.2) is 40.7 Å². The maximum absolute atomic E-state index is 12.5. The van der Waals surface area contributed by atoms with Crippen LogP contribution in [0.4, 0.5) is 10.5 Å². The zero-order valence-electron chi connectivity index (χ0n) is 11.6. The molecular weight excluding hydrogens is 288 g/mol. The lowest BCUT2D eigenvalue weighted by atomic mass is 10.1. The molecule has 1 aromatic rings. The molecule has 0 saturated carbocycles. The van der Waals surface area contributed by atoms with E-state index >= 15 is 0 Å². The summed E-state index contributed by atoms with van der Waals surface area (Å²) in [5.74, 6) is 1.13. The van der Waals surface area contributed by atoms with Crippen molar-refractivity contribution in [1.29, 1.82) is 0 Å². The highest BCUT2D eigenvalue weighted by atomic mass is 32.2. The quantitative estimate of drug-likeness (QED) is 0.878. The van der Waals surface area contributed by atoms with E-state index in [0.717, 1.165) is 29.9 Å².